The van der Waals surface area contributed by atoms with Gasteiger partial charge in [-0.05, 0) is 43.3 Å². The third-order valence-electron chi connectivity index (χ3n) is 3.24. The van der Waals surface area contributed by atoms with Gasteiger partial charge in [-0.3, -0.25) is 4.79 Å². The van der Waals surface area contributed by atoms with Crippen molar-refractivity contribution in [3.8, 4) is 11.3 Å². The lowest BCUT2D eigenvalue weighted by Gasteiger charge is -2.09. The lowest BCUT2D eigenvalue weighted by molar-refractivity contribution is -0.120. The van der Waals surface area contributed by atoms with E-state index in [4.69, 9.17) is 16.0 Å². The minimum absolute atomic E-state index is 0.131. The van der Waals surface area contributed by atoms with E-state index in [9.17, 15) is 13.2 Å². The molecule has 118 valence electrons. The highest BCUT2D eigenvalue weighted by atomic mass is 35.5. The topological polar surface area (TPSA) is 76.4 Å². The highest BCUT2D eigenvalue weighted by Gasteiger charge is 2.23. The van der Waals surface area contributed by atoms with Crippen molar-refractivity contribution in [1.29, 1.82) is 0 Å². The molecule has 1 amide bonds. The fourth-order valence-electron chi connectivity index (χ4n) is 1.75. The van der Waals surface area contributed by atoms with Crippen molar-refractivity contribution in [1.82, 2.24) is 5.32 Å². The van der Waals surface area contributed by atoms with Crippen molar-refractivity contribution < 1.29 is 17.6 Å². The lowest BCUT2D eigenvalue weighted by atomic mass is 10.2. The molecule has 0 radical (unpaired) electrons. The Kier molecular flexibility index (Phi) is 4.93. The van der Waals surface area contributed by atoms with E-state index in [1.54, 1.807) is 24.3 Å². The Hall–Kier alpha value is -1.79. The van der Waals surface area contributed by atoms with Gasteiger partial charge in [0.25, 0.3) is 0 Å². The first-order chi connectivity index (χ1) is 10.3. The maximum atomic E-state index is 11.7. The van der Waals surface area contributed by atoms with Gasteiger partial charge in [0.2, 0.25) is 5.91 Å². The monoisotopic (exact) mass is 341 g/mol. The second-order valence-electron chi connectivity index (χ2n) is 4.96. The number of carbonyl (C=O) groups is 1. The molecule has 0 aliphatic rings. The van der Waals surface area contributed by atoms with Crippen LogP contribution in [0.4, 0.5) is 0 Å². The highest BCUT2D eigenvalue weighted by molar-refractivity contribution is 7.92. The number of amides is 1. The van der Waals surface area contributed by atoms with Gasteiger partial charge in [0.1, 0.15) is 16.8 Å². The molecule has 0 unspecified atom stereocenters. The normalized spacial score (nSPS) is 12.9. The molecule has 2 aromatic rings. The van der Waals surface area contributed by atoms with Crippen LogP contribution in [0.1, 0.15) is 12.7 Å². The van der Waals surface area contributed by atoms with Crippen molar-refractivity contribution in [2.45, 2.75) is 18.7 Å². The zero-order valence-electron chi connectivity index (χ0n) is 12.2. The first-order valence-corrected chi connectivity index (χ1v) is 8.92. The number of halogens is 1. The summed E-state index contributed by atoms with van der Waals surface area (Å²) in [6, 6.07) is 10.7. The molecule has 0 aliphatic heterocycles. The molecule has 2 rings (SSSR count). The molecule has 7 heteroatoms. The van der Waals surface area contributed by atoms with Crippen molar-refractivity contribution in [2.24, 2.45) is 0 Å². The first-order valence-electron chi connectivity index (χ1n) is 6.58. The molecular weight excluding hydrogens is 326 g/mol. The van der Waals surface area contributed by atoms with Gasteiger partial charge in [-0.25, -0.2) is 8.42 Å². The number of hydrogen-bond donors (Lipinski definition) is 1. The lowest BCUT2D eigenvalue weighted by Crippen LogP contribution is -2.36. The van der Waals surface area contributed by atoms with Crippen LogP contribution in [0.3, 0.4) is 0 Å². The van der Waals surface area contributed by atoms with Crippen LogP contribution in [0.15, 0.2) is 40.8 Å². The van der Waals surface area contributed by atoms with Crippen LogP contribution >= 0.6 is 11.6 Å². The Morgan fingerprint density at radius 2 is 1.86 bits per heavy atom. The van der Waals surface area contributed by atoms with Crippen LogP contribution < -0.4 is 5.32 Å². The number of benzene rings is 1. The molecule has 0 saturated heterocycles. The fraction of sp³-hybridized carbons (Fsp3) is 0.267. The second-order valence-corrected chi connectivity index (χ2v) is 7.77. The quantitative estimate of drug-likeness (QED) is 0.907. The maximum Gasteiger partial charge on any atom is 0.238 e. The molecule has 1 aromatic heterocycles. The Balaban J connectivity index is 2.01. The summed E-state index contributed by atoms with van der Waals surface area (Å²) in [5.74, 6) is 0.642. The number of nitrogens with one attached hydrogen (secondary N) is 1. The molecule has 5 nitrogen and oxygen atoms in total. The van der Waals surface area contributed by atoms with Gasteiger partial charge >= 0.3 is 0 Å². The number of furan rings is 1. The van der Waals surface area contributed by atoms with Crippen LogP contribution in [0.2, 0.25) is 5.02 Å². The van der Waals surface area contributed by atoms with Gasteiger partial charge in [0.15, 0.2) is 9.84 Å². The second kappa shape index (κ2) is 6.54. The van der Waals surface area contributed by atoms with Crippen LogP contribution in [-0.4, -0.2) is 25.8 Å². The molecule has 1 heterocycles. The fourth-order valence-corrected chi connectivity index (χ4v) is 2.35. The van der Waals surface area contributed by atoms with Gasteiger partial charge in [-0.2, -0.15) is 0 Å². The van der Waals surface area contributed by atoms with Crippen LogP contribution in [0.25, 0.3) is 11.3 Å². The summed E-state index contributed by atoms with van der Waals surface area (Å²) < 4.78 is 28.2. The smallest absolute Gasteiger partial charge is 0.238 e. The van der Waals surface area contributed by atoms with Crippen molar-refractivity contribution in [3.05, 3.63) is 47.2 Å². The molecular formula is C15H16ClNO4S. The van der Waals surface area contributed by atoms with E-state index in [-0.39, 0.29) is 6.54 Å². The zero-order valence-corrected chi connectivity index (χ0v) is 13.7. The van der Waals surface area contributed by atoms with Crippen molar-refractivity contribution >= 4 is 27.3 Å². The van der Waals surface area contributed by atoms with Gasteiger partial charge in [0, 0.05) is 16.8 Å². The number of sulfone groups is 1. The molecule has 0 fully saturated rings. The zero-order chi connectivity index (χ0) is 16.3. The SMILES string of the molecule is C[C@@H](C(=O)NCc1ccc(-c2ccc(Cl)cc2)o1)S(C)(=O)=O. The Labute approximate surface area is 134 Å². The van der Waals surface area contributed by atoms with Gasteiger partial charge < -0.3 is 9.73 Å². The Bertz CT molecular complexity index is 765. The van der Waals surface area contributed by atoms with Crippen molar-refractivity contribution in [2.75, 3.05) is 6.26 Å². The summed E-state index contributed by atoms with van der Waals surface area (Å²) in [6.45, 7) is 1.48. The van der Waals surface area contributed by atoms with Crippen LogP contribution in [0.5, 0.6) is 0 Å². The van der Waals surface area contributed by atoms with Crippen LogP contribution in [-0.2, 0) is 21.2 Å². The van der Waals surface area contributed by atoms with E-state index in [1.165, 1.54) is 6.92 Å². The third-order valence-corrected chi connectivity index (χ3v) is 4.99. The van der Waals surface area contributed by atoms with Gasteiger partial charge in [-0.15, -0.1) is 0 Å². The van der Waals surface area contributed by atoms with Crippen molar-refractivity contribution in [3.63, 3.8) is 0 Å². The molecule has 1 atom stereocenters. The predicted octanol–water partition coefficient (Wildman–Crippen LogP) is 2.65. The average Bonchev–Trinajstić information content (AvgIpc) is 2.92. The molecule has 1 aromatic carbocycles. The minimum atomic E-state index is -3.40. The molecule has 0 aliphatic carbocycles. The van der Waals surface area contributed by atoms with Crippen LogP contribution in [0, 0.1) is 0 Å². The van der Waals surface area contributed by atoms with Gasteiger partial charge in [-0.1, -0.05) is 11.6 Å². The first kappa shape index (κ1) is 16.6. The van der Waals surface area contributed by atoms with Gasteiger partial charge in [0.05, 0.1) is 6.54 Å². The summed E-state index contributed by atoms with van der Waals surface area (Å²) in [7, 11) is -3.40. The third kappa shape index (κ3) is 4.11. The largest absolute Gasteiger partial charge is 0.459 e. The average molecular weight is 342 g/mol. The minimum Gasteiger partial charge on any atom is -0.459 e. The molecule has 0 bridgehead atoms. The van der Waals surface area contributed by atoms with E-state index in [0.717, 1.165) is 11.8 Å². The standard InChI is InChI=1S/C15H16ClNO4S/c1-10(22(2,19)20)15(18)17-9-13-7-8-14(21-13)11-3-5-12(16)6-4-11/h3-8,10H,9H2,1-2H3,(H,17,18)/t10-/m0/s1. The van der Waals surface area contributed by atoms with E-state index < -0.39 is 21.0 Å². The summed E-state index contributed by atoms with van der Waals surface area (Å²) in [5, 5.41) is 2.10. The molecule has 22 heavy (non-hydrogen) atoms. The molecule has 1 N–H and O–H groups in total. The highest BCUT2D eigenvalue weighted by Crippen LogP contribution is 2.23. The number of carbonyl (C=O) groups excluding carboxylic acids is 1. The summed E-state index contributed by atoms with van der Waals surface area (Å²) in [5.41, 5.74) is 0.867. The maximum absolute atomic E-state index is 11.7. The van der Waals surface area contributed by atoms with E-state index >= 15 is 0 Å². The predicted molar refractivity (Wildman–Crippen MR) is 85.3 cm³/mol. The van der Waals surface area contributed by atoms with E-state index in [0.29, 0.717) is 16.5 Å². The van der Waals surface area contributed by atoms with E-state index in [1.807, 2.05) is 12.1 Å². The van der Waals surface area contributed by atoms with E-state index in [2.05, 4.69) is 5.32 Å². The molecule has 0 saturated carbocycles. The summed E-state index contributed by atoms with van der Waals surface area (Å²) >= 11 is 5.83. The molecule has 0 spiro atoms. The number of hydrogen-bond acceptors (Lipinski definition) is 4. The number of rotatable bonds is 5. The Morgan fingerprint density at radius 1 is 1.23 bits per heavy atom. The Morgan fingerprint density at radius 3 is 2.45 bits per heavy atom. The summed E-state index contributed by atoms with van der Waals surface area (Å²) in [4.78, 5) is 11.7. The summed E-state index contributed by atoms with van der Waals surface area (Å²) in [6.07, 6.45) is 1.03.